The van der Waals surface area contributed by atoms with Crippen molar-refractivity contribution in [2.75, 3.05) is 32.8 Å². The normalized spacial score (nSPS) is 21.5. The smallest absolute Gasteiger partial charge is 0.254 e. The number of carbonyl (C=O) groups excluding carboxylic acids is 1. The topological polar surface area (TPSA) is 76.2 Å². The summed E-state index contributed by atoms with van der Waals surface area (Å²) in [5, 5.41) is 0. The van der Waals surface area contributed by atoms with E-state index in [9.17, 15) is 13.2 Å². The molecule has 0 saturated carbocycles. The predicted molar refractivity (Wildman–Crippen MR) is 119 cm³/mol. The van der Waals surface area contributed by atoms with Crippen LogP contribution >= 0.6 is 0 Å². The van der Waals surface area contributed by atoms with Crippen LogP contribution in [-0.4, -0.2) is 56.4 Å². The van der Waals surface area contributed by atoms with E-state index in [1.54, 1.807) is 18.2 Å². The molecule has 0 radical (unpaired) electrons. The Kier molecular flexibility index (Phi) is 5.82. The second-order valence-electron chi connectivity index (χ2n) is 8.55. The zero-order valence-electron chi connectivity index (χ0n) is 18.0. The minimum absolute atomic E-state index is 0.0688. The van der Waals surface area contributed by atoms with Gasteiger partial charge in [-0.05, 0) is 61.6 Å². The molecule has 2 aromatic carbocycles. The third-order valence-electron chi connectivity index (χ3n) is 6.50. The minimum Gasteiger partial charge on any atom is -0.486 e. The van der Waals surface area contributed by atoms with E-state index in [1.165, 1.54) is 10.4 Å². The largest absolute Gasteiger partial charge is 0.486 e. The third kappa shape index (κ3) is 3.97. The Morgan fingerprint density at radius 1 is 0.875 bits per heavy atom. The van der Waals surface area contributed by atoms with Crippen LogP contribution in [0, 0.1) is 0 Å². The lowest BCUT2D eigenvalue weighted by molar-refractivity contribution is 0.0735. The Bertz CT molecular complexity index is 1110. The van der Waals surface area contributed by atoms with Gasteiger partial charge in [0.2, 0.25) is 10.0 Å². The van der Waals surface area contributed by atoms with Gasteiger partial charge < -0.3 is 14.4 Å². The maximum Gasteiger partial charge on any atom is 0.254 e. The number of ether oxygens (including phenoxy) is 2. The fourth-order valence-electron chi connectivity index (χ4n) is 4.83. The highest BCUT2D eigenvalue weighted by atomic mass is 32.2. The van der Waals surface area contributed by atoms with Gasteiger partial charge in [-0.3, -0.25) is 4.79 Å². The lowest BCUT2D eigenvalue weighted by atomic mass is 10.0. The summed E-state index contributed by atoms with van der Waals surface area (Å²) in [5.41, 5.74) is 1.42. The number of likely N-dealkylation sites (tertiary alicyclic amines) is 1. The number of fused-ring (bicyclic) bond motifs is 1. The van der Waals surface area contributed by atoms with Crippen LogP contribution in [0.15, 0.2) is 47.4 Å². The van der Waals surface area contributed by atoms with Crippen molar-refractivity contribution in [1.82, 2.24) is 9.21 Å². The van der Waals surface area contributed by atoms with E-state index in [4.69, 9.17) is 9.47 Å². The van der Waals surface area contributed by atoms with Gasteiger partial charge in [-0.1, -0.05) is 18.6 Å². The number of carbonyl (C=O) groups is 1. The molecule has 32 heavy (non-hydrogen) atoms. The van der Waals surface area contributed by atoms with Gasteiger partial charge >= 0.3 is 0 Å². The molecule has 2 aromatic rings. The number of hydrogen-bond donors (Lipinski definition) is 0. The number of nitrogens with zero attached hydrogens (tertiary/aromatic N) is 2. The van der Waals surface area contributed by atoms with Crippen molar-refractivity contribution in [3.05, 3.63) is 53.6 Å². The summed E-state index contributed by atoms with van der Waals surface area (Å²) in [5.74, 6) is 1.30. The number of rotatable bonds is 4. The van der Waals surface area contributed by atoms with Gasteiger partial charge in [-0.15, -0.1) is 0 Å². The summed E-state index contributed by atoms with van der Waals surface area (Å²) in [6, 6.07) is 12.3. The van der Waals surface area contributed by atoms with Crippen molar-refractivity contribution in [1.29, 1.82) is 0 Å². The molecule has 0 bridgehead atoms. The minimum atomic E-state index is -3.59. The van der Waals surface area contributed by atoms with E-state index >= 15 is 0 Å². The van der Waals surface area contributed by atoms with Crippen molar-refractivity contribution < 1.29 is 22.7 Å². The first-order chi connectivity index (χ1) is 15.5. The quantitative estimate of drug-likeness (QED) is 0.703. The summed E-state index contributed by atoms with van der Waals surface area (Å²) in [7, 11) is -3.59. The number of benzene rings is 2. The van der Waals surface area contributed by atoms with Crippen LogP contribution in [0.5, 0.6) is 11.5 Å². The van der Waals surface area contributed by atoms with Gasteiger partial charge in [0.25, 0.3) is 5.91 Å². The highest BCUT2D eigenvalue weighted by Gasteiger charge is 2.33. The van der Waals surface area contributed by atoms with Gasteiger partial charge in [0.15, 0.2) is 11.5 Å². The molecule has 3 aliphatic heterocycles. The molecule has 2 saturated heterocycles. The molecular formula is C24H28N2O5S. The first kappa shape index (κ1) is 21.3. The average molecular weight is 457 g/mol. The van der Waals surface area contributed by atoms with E-state index < -0.39 is 10.0 Å². The fourth-order valence-corrected chi connectivity index (χ4v) is 6.40. The molecule has 1 unspecified atom stereocenters. The van der Waals surface area contributed by atoms with Crippen LogP contribution in [0.1, 0.15) is 54.1 Å². The lowest BCUT2D eigenvalue weighted by Gasteiger charge is -2.28. The van der Waals surface area contributed by atoms with Crippen LogP contribution in [-0.2, 0) is 10.0 Å². The van der Waals surface area contributed by atoms with E-state index in [-0.39, 0.29) is 16.8 Å². The van der Waals surface area contributed by atoms with E-state index in [2.05, 4.69) is 0 Å². The second kappa shape index (κ2) is 8.75. The first-order valence-corrected chi connectivity index (χ1v) is 12.8. The molecule has 3 heterocycles. The van der Waals surface area contributed by atoms with Crippen molar-refractivity contribution in [3.63, 3.8) is 0 Å². The molecule has 2 fully saturated rings. The Morgan fingerprint density at radius 3 is 2.47 bits per heavy atom. The molecular weight excluding hydrogens is 428 g/mol. The monoisotopic (exact) mass is 456 g/mol. The predicted octanol–water partition coefficient (Wildman–Crippen LogP) is 3.61. The average Bonchev–Trinajstić information content (AvgIpc) is 3.34. The van der Waals surface area contributed by atoms with E-state index in [0.717, 1.165) is 43.4 Å². The summed E-state index contributed by atoms with van der Waals surface area (Å²) in [6.45, 7) is 2.78. The molecule has 7 nitrogen and oxygen atoms in total. The molecule has 1 atom stereocenters. The molecule has 0 aliphatic carbocycles. The Labute approximate surface area is 189 Å². The molecule has 0 N–H and O–H groups in total. The van der Waals surface area contributed by atoms with Crippen molar-refractivity contribution in [3.8, 4) is 11.5 Å². The van der Waals surface area contributed by atoms with Crippen molar-refractivity contribution in [2.45, 2.75) is 43.0 Å². The Balaban J connectivity index is 1.39. The number of piperidine rings is 1. The summed E-state index contributed by atoms with van der Waals surface area (Å²) in [6.07, 6.45) is 4.57. The summed E-state index contributed by atoms with van der Waals surface area (Å²) in [4.78, 5) is 15.5. The zero-order valence-corrected chi connectivity index (χ0v) is 18.9. The maximum atomic E-state index is 13.4. The summed E-state index contributed by atoms with van der Waals surface area (Å²) < 4.78 is 39.0. The molecule has 0 spiro atoms. The third-order valence-corrected chi connectivity index (χ3v) is 8.39. The number of hydrogen-bond acceptors (Lipinski definition) is 5. The molecule has 5 rings (SSSR count). The number of amides is 1. The number of sulfonamides is 1. The van der Waals surface area contributed by atoms with Gasteiger partial charge in [-0.2, -0.15) is 4.31 Å². The van der Waals surface area contributed by atoms with Crippen LogP contribution in [0.2, 0.25) is 0 Å². The Hall–Kier alpha value is -2.58. The van der Waals surface area contributed by atoms with Crippen molar-refractivity contribution in [2.24, 2.45) is 0 Å². The SMILES string of the molecule is O=C(c1cccc(S(=O)(=O)N2CCCCC2)c1)N1CCCC1c1ccc2c(c1)OCCO2. The highest BCUT2D eigenvalue weighted by Crippen LogP contribution is 2.38. The highest BCUT2D eigenvalue weighted by molar-refractivity contribution is 7.89. The standard InChI is InChI=1S/C24H28N2O5S/c27-24(19-6-4-7-20(16-19)32(28,29)25-11-2-1-3-12-25)26-13-5-8-21(26)18-9-10-22-23(17-18)31-15-14-30-22/h4,6-7,9-10,16-17,21H,1-3,5,8,11-15H2. The molecule has 3 aliphatic rings. The van der Waals surface area contributed by atoms with E-state index in [0.29, 0.717) is 44.2 Å². The van der Waals surface area contributed by atoms with Crippen LogP contribution in [0.3, 0.4) is 0 Å². The zero-order chi connectivity index (χ0) is 22.1. The van der Waals surface area contributed by atoms with Crippen LogP contribution in [0.4, 0.5) is 0 Å². The van der Waals surface area contributed by atoms with E-state index in [1.807, 2.05) is 23.1 Å². The Morgan fingerprint density at radius 2 is 1.66 bits per heavy atom. The second-order valence-corrected chi connectivity index (χ2v) is 10.5. The fraction of sp³-hybridized carbons (Fsp3) is 0.458. The lowest BCUT2D eigenvalue weighted by Crippen LogP contribution is -2.36. The summed E-state index contributed by atoms with van der Waals surface area (Å²) >= 11 is 0. The molecule has 8 heteroatoms. The van der Waals surface area contributed by atoms with Crippen LogP contribution in [0.25, 0.3) is 0 Å². The van der Waals surface area contributed by atoms with Gasteiger partial charge in [0.05, 0.1) is 10.9 Å². The molecule has 0 aromatic heterocycles. The molecule has 1 amide bonds. The molecule has 170 valence electrons. The van der Waals surface area contributed by atoms with Gasteiger partial charge in [0, 0.05) is 25.2 Å². The van der Waals surface area contributed by atoms with Crippen molar-refractivity contribution >= 4 is 15.9 Å². The van der Waals surface area contributed by atoms with Gasteiger partial charge in [0.1, 0.15) is 13.2 Å². The van der Waals surface area contributed by atoms with Crippen LogP contribution < -0.4 is 9.47 Å². The maximum absolute atomic E-state index is 13.4. The first-order valence-electron chi connectivity index (χ1n) is 11.3. The van der Waals surface area contributed by atoms with Gasteiger partial charge in [-0.25, -0.2) is 8.42 Å².